The van der Waals surface area contributed by atoms with Crippen LogP contribution in [0.5, 0.6) is 0 Å². The van der Waals surface area contributed by atoms with Crippen LogP contribution >= 0.6 is 0 Å². The van der Waals surface area contributed by atoms with E-state index in [1.165, 1.54) is 0 Å². The first-order chi connectivity index (χ1) is 19.4. The van der Waals surface area contributed by atoms with Crippen LogP contribution in [0.4, 0.5) is 0 Å². The molecule has 0 aromatic carbocycles. The molecule has 0 spiro atoms. The Kier molecular flexibility index (Phi) is 1750. The number of carbonyl (C=O) groups excluding carboxylic acids is 8. The largest absolute Gasteiger partial charge is 3.00 e. The SMILES string of the molecule is O.O.O.O.O.O.O=C([O-])CN(CCCN(CC(=O)[O-])CC(=O)[O-])CC(=O)[O-].O=C([O-])CN(CCCN(CC(=O)[O-])CC(=O)[O-])CC(=O)[O-].[Co+3].[Co+3].[Co+3].[Mo].[Mo].[Mo].[Mo].[Mo].[Mo].[Mo].[Mo].[O-2].[O-2].[O-2].[O-2].[O-2].[O-2].[O-2].[O-2].[O-2].[O-2].[O-2].[O-2].[O-2].[O-2].[O-2].[O-2].[O-2].[O-2].[O-2].[O-2].[O-2].[O-2].[O-2].[O-2].[O-2].[O-2].[OH3+].[OH3+].[OH3+].[OH3+].[OH3+].[OH3+].[OH3+].[OH3+].[OH3+].[OH3+]. The molecule has 0 atom stereocenters. The minimum atomic E-state index is -1.47. The molecule has 0 rings (SSSR count). The van der Waals surface area contributed by atoms with E-state index in [1.807, 2.05) is 0 Å². The number of rotatable bonds is 24. The zero-order chi connectivity index (χ0) is 32.8. The van der Waals surface area contributed by atoms with Crippen molar-refractivity contribution in [2.24, 2.45) is 0 Å². The van der Waals surface area contributed by atoms with E-state index in [1.54, 1.807) is 0 Å². The normalized spacial score (nSPS) is 4.76. The third kappa shape index (κ3) is 406. The number of aliphatic carboxylic acids is 8. The first-order valence-electron chi connectivity index (χ1n) is 11.9. The smallest absolute Gasteiger partial charge is 2.00 e. The summed E-state index contributed by atoms with van der Waals surface area (Å²) < 4.78 is 0. The summed E-state index contributed by atoms with van der Waals surface area (Å²) in [5, 5.41) is 83.4. The topological polar surface area (TPSA) is 1590 Å². The van der Waals surface area contributed by atoms with Gasteiger partial charge in [0, 0.05) is 247 Å². The van der Waals surface area contributed by atoms with Gasteiger partial charge in [0.25, 0.3) is 0 Å². The van der Waals surface area contributed by atoms with E-state index in [9.17, 15) is 79.2 Å². The average Bonchev–Trinajstić information content (AvgIpc) is 2.76. The number of nitrogens with zero attached hydrogens (tertiary/aromatic N) is 4. The Labute approximate surface area is 680 Å². The van der Waals surface area contributed by atoms with Gasteiger partial charge < -0.3 is 309 Å². The van der Waals surface area contributed by atoms with Gasteiger partial charge in [0.15, 0.2) is 0 Å². The Hall–Kier alpha value is 0.946. The van der Waals surface area contributed by atoms with Crippen LogP contribution in [0.1, 0.15) is 12.8 Å². The molecule has 0 aliphatic heterocycles. The molecule has 642 valence electrons. The average molecular weight is 2260 g/mol. The fourth-order valence-electron chi connectivity index (χ4n) is 3.35. The summed E-state index contributed by atoms with van der Waals surface area (Å²) in [6, 6.07) is 0. The first kappa shape index (κ1) is 516. The summed E-state index contributed by atoms with van der Waals surface area (Å²) >= 11 is 0. The van der Waals surface area contributed by atoms with Crippen LogP contribution in [-0.2, 0) is 454 Å². The third-order valence-electron chi connectivity index (χ3n) is 4.72. The van der Waals surface area contributed by atoms with E-state index >= 15 is 0 Å². The van der Waals surface area contributed by atoms with Gasteiger partial charge in [-0.1, -0.05) is 0 Å². The zero-order valence-electron chi connectivity index (χ0n) is 45.9. The fourth-order valence-corrected chi connectivity index (χ4v) is 3.35. The van der Waals surface area contributed by atoms with E-state index < -0.39 is 100 Å². The predicted octanol–water partition coefficient (Wildman–Crippen LogP) is -31.3. The second-order valence-corrected chi connectivity index (χ2v) is 8.53. The molecule has 0 saturated heterocycles. The molecule has 62 nitrogen and oxygen atoms in total. The monoisotopic (exact) mass is 2280 g/mol. The molecule has 0 saturated carbocycles. The van der Waals surface area contributed by atoms with Crippen molar-refractivity contribution in [3.05, 3.63) is 0 Å². The molecule has 0 radical (unpaired) electrons. The fraction of sp³-hybridized carbons (Fsp3) is 0.636. The van der Waals surface area contributed by atoms with Crippen molar-refractivity contribution in [2.75, 3.05) is 78.5 Å². The third-order valence-corrected chi connectivity index (χ3v) is 4.72. The van der Waals surface area contributed by atoms with E-state index in [0.717, 1.165) is 19.6 Å². The van der Waals surface area contributed by atoms with Gasteiger partial charge in [-0.3, -0.25) is 19.6 Å². The molecule has 0 fully saturated rings. The van der Waals surface area contributed by atoms with E-state index in [-0.39, 0.29) is 488 Å². The summed E-state index contributed by atoms with van der Waals surface area (Å²) in [6.45, 7) is -5.10. The molecule has 0 bridgehead atoms. The van der Waals surface area contributed by atoms with Crippen molar-refractivity contribution in [1.82, 2.24) is 19.6 Å². The van der Waals surface area contributed by atoms with Crippen LogP contribution in [0.3, 0.4) is 0 Å². The van der Waals surface area contributed by atoms with Gasteiger partial charge in [-0.25, -0.2) is 0 Å². The van der Waals surface area contributed by atoms with Crippen LogP contribution in [-0.4, -0.2) is 179 Å². The van der Waals surface area contributed by atoms with Gasteiger partial charge in [0.2, 0.25) is 0 Å². The molecule has 0 aliphatic rings. The Bertz CT molecular complexity index is 827. The maximum Gasteiger partial charge on any atom is 3.00 e. The van der Waals surface area contributed by atoms with Gasteiger partial charge >= 0.3 is 50.3 Å². The van der Waals surface area contributed by atoms with Crippen LogP contribution < -0.4 is 40.9 Å². The standard InChI is InChI=1S/2C11H18N2O8.3Co.8Mo.16H2O.26O/c2*14-8(15)4-12(5-9(16)17)2-1-3-13(6-10(18)19)7-11(20)21;;;;;;;;;;;;;;;;;;;;;;;;;;;;;;;;;;;;;;;;;;;;;;;;;;;;;/h2*1-7H2,(H,14,15)(H,16,17)(H,18,19)(H,20,21);;;;;;;;;;;;16*1H2;;;;;;;;;;;;;;;;;;;;;;;;;;/q;;3*+3;;;;;;;;;;;;;;;;;;;;;;;;;26*-2/p+2. The summed E-state index contributed by atoms with van der Waals surface area (Å²) in [6.07, 6.45) is 0.280. The number of carboxylic acid groups (broad SMARTS) is 8. The van der Waals surface area contributed by atoms with Crippen molar-refractivity contribution < 1.29 is 528 Å². The Morgan fingerprint density at radius 3 is 0.274 bits per heavy atom. The summed E-state index contributed by atoms with van der Waals surface area (Å²) in [7, 11) is 0. The Morgan fingerprint density at radius 2 is 0.232 bits per heavy atom. The summed E-state index contributed by atoms with van der Waals surface area (Å²) in [5.74, 6) is -11.8. The van der Waals surface area contributed by atoms with Gasteiger partial charge in [0.05, 0.1) is 47.8 Å². The number of hydrogen-bond donors (Lipinski definition) is 0. The van der Waals surface area contributed by atoms with Gasteiger partial charge in [0.1, 0.15) is 0 Å². The van der Waals surface area contributed by atoms with Gasteiger partial charge in [-0.05, 0) is 12.8 Å². The van der Waals surface area contributed by atoms with Crippen molar-refractivity contribution >= 4 is 47.8 Å². The van der Waals surface area contributed by atoms with Crippen LogP contribution in [0.25, 0.3) is 0 Å². The minimum absolute atomic E-state index is 0. The van der Waals surface area contributed by atoms with Crippen molar-refractivity contribution in [1.29, 1.82) is 0 Å². The minimum Gasteiger partial charge on any atom is -2.00 e. The van der Waals surface area contributed by atoms with E-state index in [2.05, 4.69) is 0 Å². The molecule has 0 aliphatic carbocycles. The number of carbonyl (C=O) groups is 8. The van der Waals surface area contributed by atoms with Gasteiger partial charge in [-0.15, -0.1) is 0 Å². The molecule has 0 aromatic heterocycles. The summed E-state index contributed by atoms with van der Waals surface area (Å²) in [5.41, 5.74) is 0. The predicted molar refractivity (Wildman–Crippen MR) is 203 cm³/mol. The van der Waals surface area contributed by atoms with Crippen molar-refractivity contribution in [3.63, 3.8) is 0 Å². The molecule has 42 N–H and O–H groups in total. The molecule has 0 aromatic rings. The molecule has 0 amide bonds. The Balaban J connectivity index is -0.00000000408. The molecular formula is C22H70Co3Mo8N4O58-41. The number of carboxylic acids is 8. The second-order valence-electron chi connectivity index (χ2n) is 8.53. The van der Waals surface area contributed by atoms with Crippen LogP contribution in [0.15, 0.2) is 0 Å². The molecule has 95 heavy (non-hydrogen) atoms. The Morgan fingerprint density at radius 1 is 0.179 bits per heavy atom. The quantitative estimate of drug-likeness (QED) is 0.0639. The maximum atomic E-state index is 10.4. The van der Waals surface area contributed by atoms with E-state index in [4.69, 9.17) is 0 Å². The maximum absolute atomic E-state index is 10.4. The van der Waals surface area contributed by atoms with Crippen molar-refractivity contribution in [2.45, 2.75) is 12.8 Å². The van der Waals surface area contributed by atoms with Crippen LogP contribution in [0.2, 0.25) is 0 Å². The zero-order valence-corrected chi connectivity index (χ0v) is 65.1. The second kappa shape index (κ2) is 323. The molecule has 0 unspecified atom stereocenters. The van der Waals surface area contributed by atoms with E-state index in [0.29, 0.717) is 0 Å². The summed E-state index contributed by atoms with van der Waals surface area (Å²) in [4.78, 5) is 87.5. The first-order valence-corrected chi connectivity index (χ1v) is 11.9. The molecule has 73 heteroatoms. The van der Waals surface area contributed by atoms with Crippen molar-refractivity contribution in [3.8, 4) is 0 Å². The van der Waals surface area contributed by atoms with Crippen LogP contribution in [0, 0.1) is 0 Å². The van der Waals surface area contributed by atoms with Gasteiger partial charge in [-0.2, -0.15) is 0 Å². The molecule has 0 heterocycles. The molecular weight excluding hydrogens is 2190 g/mol. The number of hydrogen-bond acceptors (Lipinski definition) is 20.